The zero-order valence-electron chi connectivity index (χ0n) is 24.9. The Morgan fingerprint density at radius 2 is 1.55 bits per heavy atom. The molecule has 6 rings (SSSR count). The summed E-state index contributed by atoms with van der Waals surface area (Å²) >= 11 is 0. The number of aliphatic hydroxyl groups excluding tert-OH is 1. The summed E-state index contributed by atoms with van der Waals surface area (Å²) in [5.74, 6) is -1.03. The smallest absolute Gasteiger partial charge is 0.271 e. The summed E-state index contributed by atoms with van der Waals surface area (Å²) in [5, 5.41) is 16.6. The lowest BCUT2D eigenvalue weighted by Gasteiger charge is -2.28. The van der Waals surface area contributed by atoms with Gasteiger partial charge in [-0.1, -0.05) is 91.0 Å². The summed E-state index contributed by atoms with van der Waals surface area (Å²) in [6, 6.07) is 31.4. The van der Waals surface area contributed by atoms with Gasteiger partial charge in [0.15, 0.2) is 0 Å². The second-order valence-corrected chi connectivity index (χ2v) is 11.6. The van der Waals surface area contributed by atoms with E-state index in [9.17, 15) is 19.5 Å². The van der Waals surface area contributed by atoms with Gasteiger partial charge in [0.1, 0.15) is 17.8 Å². The molecule has 0 aliphatic carbocycles. The summed E-state index contributed by atoms with van der Waals surface area (Å²) in [6.45, 7) is 0.424. The standard InChI is InChI=1S/C36H36N4O4/c1-38(22-24-10-4-3-5-11-24)35(43)30(19-25-16-17-26-12-6-7-13-27(26)18-25)37-34(42)32-21-29(41)23-40(32)36(44)33-20-28-14-8-9-15-31(28)39(33)2/h3-18,20,29-30,32,41H,19,21-23H2,1-2H3,(H,37,42)/t29-,30+,32+/m1/s1. The van der Waals surface area contributed by atoms with Crippen molar-refractivity contribution in [3.8, 4) is 0 Å². The van der Waals surface area contributed by atoms with Crippen LogP contribution in [0.15, 0.2) is 103 Å². The number of fused-ring (bicyclic) bond motifs is 2. The molecular formula is C36H36N4O4. The number of likely N-dealkylation sites (tertiary alicyclic amines) is 1. The molecular weight excluding hydrogens is 552 g/mol. The minimum atomic E-state index is -0.915. The van der Waals surface area contributed by atoms with E-state index in [1.54, 1.807) is 11.9 Å². The van der Waals surface area contributed by atoms with E-state index in [-0.39, 0.29) is 31.2 Å². The lowest BCUT2D eigenvalue weighted by Crippen LogP contribution is -2.54. The predicted molar refractivity (Wildman–Crippen MR) is 171 cm³/mol. The molecule has 0 spiro atoms. The lowest BCUT2D eigenvalue weighted by atomic mass is 10.00. The Labute approximate surface area is 256 Å². The molecule has 8 heteroatoms. The van der Waals surface area contributed by atoms with Crippen LogP contribution in [0, 0.1) is 0 Å². The third-order valence-electron chi connectivity index (χ3n) is 8.52. The number of aliphatic hydroxyl groups is 1. The Bertz CT molecular complexity index is 1830. The van der Waals surface area contributed by atoms with Gasteiger partial charge in [-0.3, -0.25) is 14.4 Å². The number of nitrogens with zero attached hydrogens (tertiary/aromatic N) is 3. The van der Waals surface area contributed by atoms with Crippen LogP contribution in [0.4, 0.5) is 0 Å². The second kappa shape index (κ2) is 12.3. The molecule has 2 heterocycles. The molecule has 5 aromatic rings. The second-order valence-electron chi connectivity index (χ2n) is 11.6. The fourth-order valence-corrected chi connectivity index (χ4v) is 6.20. The number of benzene rings is 4. The van der Waals surface area contributed by atoms with E-state index in [4.69, 9.17) is 0 Å². The Balaban J connectivity index is 1.26. The van der Waals surface area contributed by atoms with E-state index in [1.807, 2.05) is 115 Å². The SMILES string of the molecule is CN(Cc1ccccc1)C(=O)[C@H](Cc1ccc2ccccc2c1)NC(=O)[C@@H]1C[C@@H](O)CN1C(=O)c1cc2ccccc2n1C. The van der Waals surface area contributed by atoms with Crippen molar-refractivity contribution in [1.29, 1.82) is 0 Å². The van der Waals surface area contributed by atoms with Crippen LogP contribution in [0.3, 0.4) is 0 Å². The highest BCUT2D eigenvalue weighted by Gasteiger charge is 2.41. The molecule has 3 amide bonds. The molecule has 1 aromatic heterocycles. The first-order chi connectivity index (χ1) is 21.3. The fourth-order valence-electron chi connectivity index (χ4n) is 6.20. The van der Waals surface area contributed by atoms with Crippen molar-refractivity contribution in [2.75, 3.05) is 13.6 Å². The topological polar surface area (TPSA) is 94.9 Å². The first-order valence-electron chi connectivity index (χ1n) is 14.9. The molecule has 8 nitrogen and oxygen atoms in total. The maximum absolute atomic E-state index is 13.9. The Kier molecular flexibility index (Phi) is 8.17. The van der Waals surface area contributed by atoms with Crippen molar-refractivity contribution in [3.63, 3.8) is 0 Å². The third-order valence-corrected chi connectivity index (χ3v) is 8.52. The highest BCUT2D eigenvalue weighted by Crippen LogP contribution is 2.25. The number of β-amino-alcohol motifs (C(OH)–C–C–N with tert-alkyl or cyclic N) is 1. The Morgan fingerprint density at radius 3 is 2.30 bits per heavy atom. The van der Waals surface area contributed by atoms with Gasteiger partial charge in [0.05, 0.1) is 6.10 Å². The molecule has 0 saturated carbocycles. The highest BCUT2D eigenvalue weighted by atomic mass is 16.3. The number of nitrogens with one attached hydrogen (secondary N) is 1. The fraction of sp³-hybridized carbons (Fsp3) is 0.250. The molecule has 224 valence electrons. The van der Waals surface area contributed by atoms with Crippen molar-refractivity contribution in [2.24, 2.45) is 7.05 Å². The van der Waals surface area contributed by atoms with Crippen LogP contribution in [0.5, 0.6) is 0 Å². The highest BCUT2D eigenvalue weighted by molar-refractivity contribution is 6.01. The first-order valence-corrected chi connectivity index (χ1v) is 14.9. The Hall–Kier alpha value is -4.95. The van der Waals surface area contributed by atoms with E-state index in [1.165, 1.54) is 4.90 Å². The maximum Gasteiger partial charge on any atom is 0.271 e. The van der Waals surface area contributed by atoms with Crippen molar-refractivity contribution in [3.05, 3.63) is 120 Å². The molecule has 0 radical (unpaired) electrons. The normalized spacial score (nSPS) is 17.1. The van der Waals surface area contributed by atoms with Gasteiger partial charge in [-0.2, -0.15) is 0 Å². The van der Waals surface area contributed by atoms with Crippen molar-refractivity contribution in [1.82, 2.24) is 19.7 Å². The number of hydrogen-bond donors (Lipinski definition) is 2. The molecule has 1 aliphatic heterocycles. The van der Waals surface area contributed by atoms with Gasteiger partial charge >= 0.3 is 0 Å². The number of carbonyl (C=O) groups is 3. The molecule has 0 unspecified atom stereocenters. The summed E-state index contributed by atoms with van der Waals surface area (Å²) in [5.41, 5.74) is 3.22. The quantitative estimate of drug-likeness (QED) is 0.283. The minimum absolute atomic E-state index is 0.0373. The van der Waals surface area contributed by atoms with Gasteiger partial charge in [-0.25, -0.2) is 0 Å². The zero-order chi connectivity index (χ0) is 30.8. The summed E-state index contributed by atoms with van der Waals surface area (Å²) in [6.07, 6.45) is -0.473. The van der Waals surface area contributed by atoms with Gasteiger partial charge in [-0.05, 0) is 34.0 Å². The molecule has 1 saturated heterocycles. The molecule has 44 heavy (non-hydrogen) atoms. The van der Waals surface area contributed by atoms with Crippen LogP contribution in [-0.4, -0.2) is 69.0 Å². The van der Waals surface area contributed by atoms with E-state index in [0.29, 0.717) is 12.2 Å². The van der Waals surface area contributed by atoms with E-state index in [0.717, 1.165) is 32.8 Å². The Morgan fingerprint density at radius 1 is 0.864 bits per heavy atom. The molecule has 1 fully saturated rings. The van der Waals surface area contributed by atoms with Crippen LogP contribution in [-0.2, 0) is 29.6 Å². The van der Waals surface area contributed by atoms with Gasteiger partial charge in [0, 0.05) is 50.9 Å². The molecule has 0 bridgehead atoms. The van der Waals surface area contributed by atoms with Crippen LogP contribution in [0.2, 0.25) is 0 Å². The number of aryl methyl sites for hydroxylation is 1. The minimum Gasteiger partial charge on any atom is -0.391 e. The van der Waals surface area contributed by atoms with Crippen molar-refractivity contribution >= 4 is 39.4 Å². The van der Waals surface area contributed by atoms with Crippen molar-refractivity contribution < 1.29 is 19.5 Å². The van der Waals surface area contributed by atoms with Gasteiger partial charge in [-0.15, -0.1) is 0 Å². The maximum atomic E-state index is 13.9. The van der Waals surface area contributed by atoms with E-state index >= 15 is 0 Å². The average molecular weight is 589 g/mol. The number of rotatable bonds is 8. The number of aromatic nitrogens is 1. The molecule has 1 aliphatic rings. The number of hydrogen-bond acceptors (Lipinski definition) is 4. The average Bonchev–Trinajstić information content (AvgIpc) is 3.60. The van der Waals surface area contributed by atoms with Gasteiger partial charge in [0.2, 0.25) is 11.8 Å². The monoisotopic (exact) mass is 588 g/mol. The van der Waals surface area contributed by atoms with Gasteiger partial charge in [0.25, 0.3) is 5.91 Å². The largest absolute Gasteiger partial charge is 0.391 e. The number of amides is 3. The van der Waals surface area contributed by atoms with E-state index < -0.39 is 24.1 Å². The van der Waals surface area contributed by atoms with E-state index in [2.05, 4.69) is 5.32 Å². The number of para-hydroxylation sites is 1. The van der Waals surface area contributed by atoms with Crippen LogP contribution >= 0.6 is 0 Å². The number of carbonyl (C=O) groups excluding carboxylic acids is 3. The van der Waals surface area contributed by atoms with Crippen LogP contribution in [0.1, 0.15) is 28.0 Å². The lowest BCUT2D eigenvalue weighted by molar-refractivity contribution is -0.136. The molecule has 3 atom stereocenters. The van der Waals surface area contributed by atoms with Gasteiger partial charge < -0.3 is 24.8 Å². The molecule has 4 aromatic carbocycles. The zero-order valence-corrected chi connectivity index (χ0v) is 24.9. The summed E-state index contributed by atoms with van der Waals surface area (Å²) in [4.78, 5) is 44.6. The van der Waals surface area contributed by atoms with Crippen molar-refractivity contribution in [2.45, 2.75) is 37.6 Å². The predicted octanol–water partition coefficient (Wildman–Crippen LogP) is 4.29. The first kappa shape index (κ1) is 29.1. The molecule has 2 N–H and O–H groups in total. The van der Waals surface area contributed by atoms with Crippen LogP contribution in [0.25, 0.3) is 21.7 Å². The summed E-state index contributed by atoms with van der Waals surface area (Å²) in [7, 11) is 3.54. The third kappa shape index (κ3) is 5.94. The summed E-state index contributed by atoms with van der Waals surface area (Å²) < 4.78 is 1.81. The number of likely N-dealkylation sites (N-methyl/N-ethyl adjacent to an activating group) is 1. The van der Waals surface area contributed by atoms with Crippen LogP contribution < -0.4 is 5.32 Å².